The van der Waals surface area contributed by atoms with E-state index in [-0.39, 0.29) is 17.9 Å². The molecule has 2 aliphatic rings. The molecule has 1 aliphatic carbocycles. The highest BCUT2D eigenvalue weighted by Crippen LogP contribution is 2.37. The van der Waals surface area contributed by atoms with E-state index >= 15 is 0 Å². The molecule has 1 aromatic rings. The molecule has 4 heteroatoms. The second kappa shape index (κ2) is 4.62. The predicted molar refractivity (Wildman–Crippen MR) is 77.3 cm³/mol. The smallest absolute Gasteiger partial charge is 0.261 e. The highest BCUT2D eigenvalue weighted by atomic mass is 16.2. The molecule has 4 nitrogen and oxygen atoms in total. The lowest BCUT2D eigenvalue weighted by atomic mass is 9.77. The number of rotatable bonds is 1. The molecular weight excluding hydrogens is 252 g/mol. The molecule has 1 heterocycles. The fourth-order valence-corrected chi connectivity index (χ4v) is 3.50. The van der Waals surface area contributed by atoms with Crippen LogP contribution in [0, 0.1) is 11.8 Å². The molecule has 1 aliphatic heterocycles. The van der Waals surface area contributed by atoms with Gasteiger partial charge in [-0.15, -0.1) is 0 Å². The van der Waals surface area contributed by atoms with Crippen molar-refractivity contribution < 1.29 is 9.59 Å². The van der Waals surface area contributed by atoms with E-state index in [0.717, 1.165) is 12.8 Å². The number of benzene rings is 1. The van der Waals surface area contributed by atoms with Crippen molar-refractivity contribution in [2.45, 2.75) is 39.2 Å². The van der Waals surface area contributed by atoms with Crippen LogP contribution in [0.1, 0.15) is 53.8 Å². The first-order chi connectivity index (χ1) is 9.50. The molecule has 1 saturated carbocycles. The summed E-state index contributed by atoms with van der Waals surface area (Å²) in [5.74, 6) is 0.561. The van der Waals surface area contributed by atoms with Crippen molar-refractivity contribution in [3.63, 3.8) is 0 Å². The molecule has 106 valence electrons. The van der Waals surface area contributed by atoms with Crippen LogP contribution in [0.15, 0.2) is 18.2 Å². The minimum Gasteiger partial charge on any atom is -0.399 e. The Morgan fingerprint density at radius 1 is 1.10 bits per heavy atom. The first-order valence-corrected chi connectivity index (χ1v) is 7.28. The van der Waals surface area contributed by atoms with Crippen molar-refractivity contribution in [2.24, 2.45) is 11.8 Å². The maximum Gasteiger partial charge on any atom is 0.261 e. The Hall–Kier alpha value is -1.84. The number of imide groups is 1. The third-order valence-corrected chi connectivity index (χ3v) is 4.94. The predicted octanol–water partition coefficient (Wildman–Crippen LogP) is 2.69. The largest absolute Gasteiger partial charge is 0.399 e. The number of carbonyl (C=O) groups excluding carboxylic acids is 2. The summed E-state index contributed by atoms with van der Waals surface area (Å²) < 4.78 is 0. The minimum atomic E-state index is -0.178. The van der Waals surface area contributed by atoms with Gasteiger partial charge in [-0.1, -0.05) is 26.7 Å². The number of carbonyl (C=O) groups is 2. The Morgan fingerprint density at radius 2 is 1.80 bits per heavy atom. The van der Waals surface area contributed by atoms with Crippen molar-refractivity contribution in [3.05, 3.63) is 29.3 Å². The quantitative estimate of drug-likeness (QED) is 0.631. The van der Waals surface area contributed by atoms with Crippen LogP contribution < -0.4 is 5.73 Å². The summed E-state index contributed by atoms with van der Waals surface area (Å²) in [7, 11) is 0. The highest BCUT2D eigenvalue weighted by molar-refractivity contribution is 6.21. The molecule has 0 saturated heterocycles. The van der Waals surface area contributed by atoms with E-state index < -0.39 is 0 Å². The van der Waals surface area contributed by atoms with Gasteiger partial charge >= 0.3 is 0 Å². The molecule has 1 aromatic carbocycles. The van der Waals surface area contributed by atoms with Crippen LogP contribution in [0.3, 0.4) is 0 Å². The maximum atomic E-state index is 12.6. The van der Waals surface area contributed by atoms with Crippen LogP contribution in [0.25, 0.3) is 0 Å². The Labute approximate surface area is 118 Å². The standard InChI is InChI=1S/C16H20N2O2/c1-9-4-3-5-14(10(9)2)18-15(19)12-7-6-11(17)8-13(12)16(18)20/h6-10,14H,3-5,17H2,1-2H3. The van der Waals surface area contributed by atoms with Gasteiger partial charge in [0.25, 0.3) is 11.8 Å². The van der Waals surface area contributed by atoms with Gasteiger partial charge in [0.05, 0.1) is 11.1 Å². The topological polar surface area (TPSA) is 63.4 Å². The number of hydrogen-bond acceptors (Lipinski definition) is 3. The summed E-state index contributed by atoms with van der Waals surface area (Å²) in [5, 5.41) is 0. The summed E-state index contributed by atoms with van der Waals surface area (Å²) in [6, 6.07) is 4.99. The summed E-state index contributed by atoms with van der Waals surface area (Å²) in [4.78, 5) is 26.6. The first-order valence-electron chi connectivity index (χ1n) is 7.28. The lowest BCUT2D eigenvalue weighted by Crippen LogP contribution is -2.47. The number of amides is 2. The van der Waals surface area contributed by atoms with Gasteiger partial charge in [-0.3, -0.25) is 14.5 Å². The van der Waals surface area contributed by atoms with Gasteiger partial charge in [0.15, 0.2) is 0 Å². The molecule has 2 amide bonds. The van der Waals surface area contributed by atoms with E-state index in [9.17, 15) is 9.59 Å². The summed E-state index contributed by atoms with van der Waals surface area (Å²) >= 11 is 0. The summed E-state index contributed by atoms with van der Waals surface area (Å²) in [6.07, 6.45) is 3.16. The van der Waals surface area contributed by atoms with Gasteiger partial charge in [-0.05, 0) is 36.5 Å². The fourth-order valence-electron chi connectivity index (χ4n) is 3.50. The summed E-state index contributed by atoms with van der Waals surface area (Å²) in [6.45, 7) is 4.35. The average molecular weight is 272 g/mol. The van der Waals surface area contributed by atoms with Crippen LogP contribution in [-0.4, -0.2) is 22.8 Å². The van der Waals surface area contributed by atoms with Crippen molar-refractivity contribution in [2.75, 3.05) is 5.73 Å². The lowest BCUT2D eigenvalue weighted by Gasteiger charge is -2.38. The Bertz CT molecular complexity index is 582. The van der Waals surface area contributed by atoms with Crippen LogP contribution in [0.2, 0.25) is 0 Å². The van der Waals surface area contributed by atoms with Crippen molar-refractivity contribution in [3.8, 4) is 0 Å². The number of nitrogen functional groups attached to an aromatic ring is 1. The zero-order valence-electron chi connectivity index (χ0n) is 11.9. The normalized spacial score (nSPS) is 29.7. The molecule has 2 N–H and O–H groups in total. The second-order valence-electron chi connectivity index (χ2n) is 6.12. The van der Waals surface area contributed by atoms with E-state index in [1.807, 2.05) is 0 Å². The van der Waals surface area contributed by atoms with E-state index in [2.05, 4.69) is 13.8 Å². The Kier molecular flexibility index (Phi) is 3.04. The third kappa shape index (κ3) is 1.82. The highest BCUT2D eigenvalue weighted by Gasteiger charge is 2.43. The second-order valence-corrected chi connectivity index (χ2v) is 6.12. The van der Waals surface area contributed by atoms with E-state index in [4.69, 9.17) is 5.73 Å². The van der Waals surface area contributed by atoms with Gasteiger partial charge in [-0.25, -0.2) is 0 Å². The van der Waals surface area contributed by atoms with Gasteiger partial charge in [-0.2, -0.15) is 0 Å². The number of fused-ring (bicyclic) bond motifs is 1. The van der Waals surface area contributed by atoms with Gasteiger partial charge in [0.2, 0.25) is 0 Å². The average Bonchev–Trinajstić information content (AvgIpc) is 2.65. The molecule has 0 bridgehead atoms. The fraction of sp³-hybridized carbons (Fsp3) is 0.500. The zero-order valence-corrected chi connectivity index (χ0v) is 11.9. The van der Waals surface area contributed by atoms with Crippen molar-refractivity contribution in [1.29, 1.82) is 0 Å². The molecule has 3 rings (SSSR count). The van der Waals surface area contributed by atoms with Crippen LogP contribution >= 0.6 is 0 Å². The first kappa shape index (κ1) is 13.2. The van der Waals surface area contributed by atoms with Crippen LogP contribution in [0.4, 0.5) is 5.69 Å². The van der Waals surface area contributed by atoms with Crippen LogP contribution in [0.5, 0.6) is 0 Å². The Balaban J connectivity index is 1.97. The molecule has 3 unspecified atom stereocenters. The van der Waals surface area contributed by atoms with Crippen molar-refractivity contribution in [1.82, 2.24) is 4.90 Å². The molecule has 20 heavy (non-hydrogen) atoms. The van der Waals surface area contributed by atoms with Gasteiger partial charge < -0.3 is 5.73 Å². The molecular formula is C16H20N2O2. The van der Waals surface area contributed by atoms with Gasteiger partial charge in [0, 0.05) is 11.7 Å². The molecule has 0 radical (unpaired) electrons. The number of nitrogens with two attached hydrogens (primary N) is 1. The van der Waals surface area contributed by atoms with Crippen molar-refractivity contribution >= 4 is 17.5 Å². The maximum absolute atomic E-state index is 12.6. The molecule has 0 spiro atoms. The zero-order chi connectivity index (χ0) is 14.4. The number of hydrogen-bond donors (Lipinski definition) is 1. The van der Waals surface area contributed by atoms with E-state index in [1.165, 1.54) is 11.3 Å². The molecule has 3 atom stereocenters. The SMILES string of the molecule is CC1CCCC(N2C(=O)c3ccc(N)cc3C2=O)C1C. The van der Waals surface area contributed by atoms with Crippen LogP contribution in [-0.2, 0) is 0 Å². The molecule has 0 aromatic heterocycles. The number of anilines is 1. The van der Waals surface area contributed by atoms with E-state index in [1.54, 1.807) is 18.2 Å². The lowest BCUT2D eigenvalue weighted by molar-refractivity contribution is 0.0430. The summed E-state index contributed by atoms with van der Waals surface area (Å²) in [5.41, 5.74) is 7.21. The number of nitrogens with zero attached hydrogens (tertiary/aromatic N) is 1. The molecule has 1 fully saturated rings. The van der Waals surface area contributed by atoms with Gasteiger partial charge in [0.1, 0.15) is 0 Å². The van der Waals surface area contributed by atoms with E-state index in [0.29, 0.717) is 28.7 Å². The minimum absolute atomic E-state index is 0.0207. The third-order valence-electron chi connectivity index (χ3n) is 4.94. The monoisotopic (exact) mass is 272 g/mol. The Morgan fingerprint density at radius 3 is 2.55 bits per heavy atom.